The van der Waals surface area contributed by atoms with Crippen LogP contribution in [-0.4, -0.2) is 32.5 Å². The van der Waals surface area contributed by atoms with Crippen LogP contribution in [0.3, 0.4) is 0 Å². The summed E-state index contributed by atoms with van der Waals surface area (Å²) in [7, 11) is -8.03. The molecule has 0 unspecified atom stereocenters. The van der Waals surface area contributed by atoms with Crippen molar-refractivity contribution in [2.45, 2.75) is 23.6 Å². The number of sulfonamides is 2. The first-order valence-corrected chi connectivity index (χ1v) is 18.4. The number of carbonyl (C=O) groups excluding carboxylic acids is 1. The van der Waals surface area contributed by atoms with Crippen molar-refractivity contribution in [1.29, 1.82) is 0 Å². The summed E-state index contributed by atoms with van der Waals surface area (Å²) < 4.78 is 46.8. The molecule has 1 heterocycles. The summed E-state index contributed by atoms with van der Waals surface area (Å²) in [5, 5.41) is 81.6. The number of aryl methyl sites for hydroxylation is 1. The minimum Gasteiger partial charge on any atom is -0.871 e. The normalized spacial score (nSPS) is 11.4. The summed E-state index contributed by atoms with van der Waals surface area (Å²) in [6.07, 6.45) is 0. The number of hydrogen-bond acceptors (Lipinski definition) is 14. The van der Waals surface area contributed by atoms with E-state index in [9.17, 15) is 42.1 Å². The zero-order chi connectivity index (χ0) is 39.4. The number of fused-ring (bicyclic) bond motifs is 1. The maximum atomic E-state index is 12.5. The second-order valence-electron chi connectivity index (χ2n) is 11.2. The van der Waals surface area contributed by atoms with E-state index in [0.29, 0.717) is 27.8 Å². The first kappa shape index (κ1) is 45.2. The Bertz CT molecular complexity index is 2700. The Labute approximate surface area is 352 Å². The average Bonchev–Trinajstić information content (AvgIpc) is 3.39. The number of nitrogens with two attached hydrogens (primary N) is 2. The Morgan fingerprint density at radius 3 is 1.73 bits per heavy atom. The van der Waals surface area contributed by atoms with E-state index in [-0.39, 0.29) is 84.8 Å². The zero-order valence-electron chi connectivity index (χ0n) is 29.4. The Hall–Kier alpha value is -5.23. The van der Waals surface area contributed by atoms with Crippen molar-refractivity contribution in [3.05, 3.63) is 103 Å². The molecule has 6 rings (SSSR count). The number of azo groups is 2. The number of carbonyl (C=O) groups is 1. The van der Waals surface area contributed by atoms with Crippen molar-refractivity contribution < 1.29 is 88.4 Å². The van der Waals surface area contributed by atoms with Gasteiger partial charge >= 0.3 is 46.3 Å². The van der Waals surface area contributed by atoms with Crippen LogP contribution in [0.5, 0.6) is 23.1 Å². The van der Waals surface area contributed by atoms with Crippen LogP contribution < -0.4 is 65.6 Å². The van der Waals surface area contributed by atoms with Crippen LogP contribution in [0.2, 0.25) is 0 Å². The van der Waals surface area contributed by atoms with Gasteiger partial charge in [0.15, 0.2) is 0 Å². The number of aromatic nitrogens is 2. The monoisotopic (exact) mass is 851 g/mol. The molecule has 0 saturated heterocycles. The van der Waals surface area contributed by atoms with Gasteiger partial charge in [0.1, 0.15) is 5.69 Å². The summed E-state index contributed by atoms with van der Waals surface area (Å²) in [5.41, 5.74) is 0.553. The second kappa shape index (κ2) is 18.6. The molecule has 6 aromatic rings. The van der Waals surface area contributed by atoms with E-state index in [2.05, 4.69) is 30.9 Å². The van der Waals surface area contributed by atoms with Crippen molar-refractivity contribution in [2.75, 3.05) is 5.32 Å². The predicted molar refractivity (Wildman–Crippen MR) is 188 cm³/mol. The number of benzene rings is 5. The maximum absolute atomic E-state index is 12.5. The zero-order valence-corrected chi connectivity index (χ0v) is 34.1. The van der Waals surface area contributed by atoms with E-state index in [0.717, 1.165) is 36.4 Å². The Balaban J connectivity index is 0.000000291. The summed E-state index contributed by atoms with van der Waals surface area (Å²) in [5.74, 6) is -2.47. The Kier molecular flexibility index (Phi) is 15.0. The van der Waals surface area contributed by atoms with Gasteiger partial charge in [0.25, 0.3) is 0 Å². The van der Waals surface area contributed by atoms with Gasteiger partial charge in [-0.25, -0.2) is 31.8 Å². The van der Waals surface area contributed by atoms with Crippen LogP contribution in [0.1, 0.15) is 12.6 Å². The van der Waals surface area contributed by atoms with Gasteiger partial charge in [0.05, 0.1) is 43.9 Å². The number of rotatable bonds is 8. The molecule has 0 aliphatic rings. The number of nitrogens with zero attached hydrogens (tertiary/aromatic N) is 6. The number of amides is 1. The van der Waals surface area contributed by atoms with Crippen molar-refractivity contribution in [2.24, 2.45) is 30.7 Å². The molecule has 5 aromatic carbocycles. The molecule has 284 valence electrons. The number of para-hydroxylation sites is 1. The van der Waals surface area contributed by atoms with Crippen molar-refractivity contribution in [3.8, 4) is 28.8 Å². The van der Waals surface area contributed by atoms with Crippen molar-refractivity contribution in [1.82, 2.24) is 9.78 Å². The van der Waals surface area contributed by atoms with Crippen LogP contribution in [0.25, 0.3) is 16.5 Å². The van der Waals surface area contributed by atoms with E-state index < -0.39 is 43.2 Å². The molecule has 56 heavy (non-hydrogen) atoms. The number of anilines is 1. The third kappa shape index (κ3) is 10.7. The van der Waals surface area contributed by atoms with Crippen LogP contribution in [0.15, 0.2) is 127 Å². The molecule has 0 aliphatic carbocycles. The van der Waals surface area contributed by atoms with E-state index in [4.69, 9.17) is 10.3 Å². The molecule has 5 N–H and O–H groups in total. The molecule has 22 heteroatoms. The van der Waals surface area contributed by atoms with Gasteiger partial charge in [-0.15, -0.1) is 5.11 Å². The summed E-state index contributed by atoms with van der Waals surface area (Å²) in [4.78, 5) is 10.9. The first-order chi connectivity index (χ1) is 25.4. The largest absolute Gasteiger partial charge is 3.00 e. The van der Waals surface area contributed by atoms with E-state index in [1.54, 1.807) is 61.5 Å². The number of primary sulfonamides is 2. The maximum Gasteiger partial charge on any atom is 3.00 e. The van der Waals surface area contributed by atoms with Crippen molar-refractivity contribution in [3.63, 3.8) is 0 Å². The molecule has 0 aliphatic heterocycles. The van der Waals surface area contributed by atoms with Crippen LogP contribution in [0.4, 0.5) is 28.4 Å². The molecule has 0 atom stereocenters. The topological polar surface area (TPSA) is 309 Å². The second-order valence-corrected chi connectivity index (χ2v) is 14.4. The molecular weight excluding hydrogens is 824 g/mol. The van der Waals surface area contributed by atoms with Gasteiger partial charge in [0.2, 0.25) is 26.0 Å². The smallest absolute Gasteiger partial charge is 0.871 e. The fourth-order valence-electron chi connectivity index (χ4n) is 4.80. The van der Waals surface area contributed by atoms with Gasteiger partial charge in [-0.2, -0.15) is 20.4 Å². The van der Waals surface area contributed by atoms with E-state index in [1.807, 2.05) is 0 Å². The van der Waals surface area contributed by atoms with Gasteiger partial charge < -0.3 is 25.7 Å². The molecule has 1 amide bonds. The van der Waals surface area contributed by atoms with Gasteiger partial charge in [-0.3, -0.25) is 4.79 Å². The molecule has 0 saturated carbocycles. The third-order valence-corrected chi connectivity index (χ3v) is 9.14. The standard InChI is InChI=1S/C18H16N4O5S.C16H15N5O4S.Co.Na/c1-10(23)20-13-4-2-3-11-5-7-16(25)18(17(11)13)22-21-14-9-12(28(19,26)27)6-8-15(14)24;1-10-15(16(23)21(20-10)11-5-3-2-4-6-11)19-18-13-9-12(26(17,24)25)7-8-14(13)22;;/h2-9,24-25H,1H3,(H,20,23)(H2,19,26,27);2-9,22-23H,1H3,(H2,17,24,25);;/q;;+3;+1/p-4. The molecule has 18 nitrogen and oxygen atoms in total. The van der Waals surface area contributed by atoms with Crippen LogP contribution in [-0.2, 0) is 41.6 Å². The predicted octanol–water partition coefficient (Wildman–Crippen LogP) is 0.400. The SMILES string of the molecule is CC(=O)Nc1cccc2ccc([O-])c(N=Nc3cc(S(N)(=O)=O)ccc3[O-])c12.Cc1nn(-c2ccccc2)c([O-])c1N=Nc1cc(S(N)(=O)=O)ccc1[O-].[Co+3].[Na+]. The molecule has 0 fully saturated rings. The average molecular weight is 852 g/mol. The summed E-state index contributed by atoms with van der Waals surface area (Å²) >= 11 is 0. The van der Waals surface area contributed by atoms with Crippen LogP contribution >= 0.6 is 0 Å². The summed E-state index contributed by atoms with van der Waals surface area (Å²) in [6.45, 7) is 2.90. The van der Waals surface area contributed by atoms with Crippen molar-refractivity contribution >= 4 is 65.2 Å². The molecule has 1 aromatic heterocycles. The van der Waals surface area contributed by atoms with E-state index >= 15 is 0 Å². The van der Waals surface area contributed by atoms with E-state index in [1.165, 1.54) is 17.7 Å². The number of hydrogen-bond donors (Lipinski definition) is 3. The first-order valence-electron chi connectivity index (χ1n) is 15.3. The van der Waals surface area contributed by atoms with Crippen LogP contribution in [0, 0.1) is 6.92 Å². The molecular formula is C34H27CoN9NaO9S2. The Morgan fingerprint density at radius 2 is 1.21 bits per heavy atom. The molecule has 0 spiro atoms. The Morgan fingerprint density at radius 1 is 0.696 bits per heavy atom. The summed E-state index contributed by atoms with van der Waals surface area (Å²) in [6, 6.07) is 22.8. The molecule has 0 radical (unpaired) electrons. The van der Waals surface area contributed by atoms with Gasteiger partial charge in [-0.05, 0) is 54.8 Å². The fraction of sp³-hybridized carbons (Fsp3) is 0.0588. The number of nitrogens with one attached hydrogen (secondary N) is 1. The quantitative estimate of drug-likeness (QED) is 0.140. The molecule has 0 bridgehead atoms. The minimum atomic E-state index is -4.04. The van der Waals surface area contributed by atoms with Gasteiger partial charge in [0, 0.05) is 18.2 Å². The third-order valence-electron chi connectivity index (χ3n) is 7.31. The fourth-order valence-corrected chi connectivity index (χ4v) is 5.87. The minimum absolute atomic E-state index is 0. The van der Waals surface area contributed by atoms with Gasteiger partial charge in [-0.1, -0.05) is 71.8 Å².